The van der Waals surface area contributed by atoms with Crippen molar-refractivity contribution in [3.05, 3.63) is 34.9 Å². The first kappa shape index (κ1) is 14.8. The molecule has 1 aliphatic carbocycles. The molecule has 3 heteroatoms. The minimum absolute atomic E-state index is 0.0112. The summed E-state index contributed by atoms with van der Waals surface area (Å²) in [5.74, 6) is 0.721. The molecule has 1 aromatic rings. The van der Waals surface area contributed by atoms with Crippen LogP contribution in [0.3, 0.4) is 0 Å². The average Bonchev–Trinajstić information content (AvgIpc) is 2.93. The predicted octanol–water partition coefficient (Wildman–Crippen LogP) is 4.33. The highest BCUT2D eigenvalue weighted by molar-refractivity contribution is 6.30. The Bertz CT molecular complexity index is 373. The van der Waals surface area contributed by atoms with Gasteiger partial charge in [0.25, 0.3) is 0 Å². The fourth-order valence-electron chi connectivity index (χ4n) is 2.75. The van der Waals surface area contributed by atoms with Crippen molar-refractivity contribution in [2.75, 3.05) is 6.61 Å². The molecule has 2 atom stereocenters. The summed E-state index contributed by atoms with van der Waals surface area (Å²) in [4.78, 5) is 0. The Morgan fingerprint density at radius 2 is 1.89 bits per heavy atom. The number of ether oxygens (including phenoxy) is 1. The van der Waals surface area contributed by atoms with Crippen molar-refractivity contribution < 1.29 is 4.74 Å². The number of nitrogens with two attached hydrogens (primary N) is 1. The van der Waals surface area contributed by atoms with Crippen LogP contribution in [0.5, 0.6) is 0 Å². The fourth-order valence-corrected chi connectivity index (χ4v) is 2.88. The molecule has 0 radical (unpaired) electrons. The monoisotopic (exact) mass is 281 g/mol. The van der Waals surface area contributed by atoms with Crippen LogP contribution >= 0.6 is 11.6 Å². The lowest BCUT2D eigenvalue weighted by Crippen LogP contribution is -2.30. The van der Waals surface area contributed by atoms with Gasteiger partial charge in [0, 0.05) is 11.1 Å². The van der Waals surface area contributed by atoms with Crippen LogP contribution in [0.1, 0.15) is 50.7 Å². The van der Waals surface area contributed by atoms with Gasteiger partial charge in [-0.15, -0.1) is 0 Å². The SMILES string of the molecule is CCC(N)C(OCC1CCCC1)c1ccc(Cl)cc1. The molecule has 0 aromatic heterocycles. The van der Waals surface area contributed by atoms with Crippen molar-refractivity contribution in [1.82, 2.24) is 0 Å². The van der Waals surface area contributed by atoms with Crippen molar-refractivity contribution in [2.24, 2.45) is 11.7 Å². The molecule has 2 nitrogen and oxygen atoms in total. The maximum atomic E-state index is 6.21. The third-order valence-electron chi connectivity index (χ3n) is 4.05. The topological polar surface area (TPSA) is 35.2 Å². The smallest absolute Gasteiger partial charge is 0.0975 e. The number of rotatable bonds is 6. The van der Waals surface area contributed by atoms with Crippen LogP contribution in [0.2, 0.25) is 5.02 Å². The molecule has 106 valence electrons. The van der Waals surface area contributed by atoms with Crippen molar-refractivity contribution in [3.8, 4) is 0 Å². The highest BCUT2D eigenvalue weighted by Gasteiger charge is 2.22. The zero-order chi connectivity index (χ0) is 13.7. The maximum absolute atomic E-state index is 6.21. The Balaban J connectivity index is 2.00. The third kappa shape index (κ3) is 4.20. The van der Waals surface area contributed by atoms with Gasteiger partial charge in [0.2, 0.25) is 0 Å². The van der Waals surface area contributed by atoms with Gasteiger partial charge in [0.1, 0.15) is 0 Å². The number of hydrogen-bond acceptors (Lipinski definition) is 2. The second kappa shape index (κ2) is 7.28. The summed E-state index contributed by atoms with van der Waals surface area (Å²) in [5, 5.41) is 0.753. The van der Waals surface area contributed by atoms with E-state index >= 15 is 0 Å². The summed E-state index contributed by atoms with van der Waals surface area (Å²) in [6.07, 6.45) is 6.20. The summed E-state index contributed by atoms with van der Waals surface area (Å²) in [7, 11) is 0. The van der Waals surface area contributed by atoms with Gasteiger partial charge >= 0.3 is 0 Å². The molecule has 0 saturated heterocycles. The largest absolute Gasteiger partial charge is 0.372 e. The molecule has 2 unspecified atom stereocenters. The Morgan fingerprint density at radius 3 is 2.47 bits per heavy atom. The van der Waals surface area contributed by atoms with E-state index in [1.165, 1.54) is 25.7 Å². The molecule has 2 rings (SSSR count). The lowest BCUT2D eigenvalue weighted by atomic mass is 10.0. The Hall–Kier alpha value is -0.570. The van der Waals surface area contributed by atoms with Crippen LogP contribution in [0.4, 0.5) is 0 Å². The number of hydrogen-bond donors (Lipinski definition) is 1. The molecule has 1 saturated carbocycles. The molecule has 19 heavy (non-hydrogen) atoms. The summed E-state index contributed by atoms with van der Waals surface area (Å²) in [6.45, 7) is 2.94. The van der Waals surface area contributed by atoms with Gasteiger partial charge in [-0.2, -0.15) is 0 Å². The molecule has 0 amide bonds. The van der Waals surface area contributed by atoms with E-state index in [0.717, 1.165) is 29.5 Å². The lowest BCUT2D eigenvalue weighted by molar-refractivity contribution is 0.0127. The van der Waals surface area contributed by atoms with Crippen LogP contribution in [0, 0.1) is 5.92 Å². The average molecular weight is 282 g/mol. The van der Waals surface area contributed by atoms with Gasteiger partial charge in [-0.05, 0) is 42.9 Å². The molecule has 0 aliphatic heterocycles. The van der Waals surface area contributed by atoms with Crippen LogP contribution in [-0.4, -0.2) is 12.6 Å². The molecule has 2 N–H and O–H groups in total. The Kier molecular flexibility index (Phi) is 5.68. The van der Waals surface area contributed by atoms with E-state index in [9.17, 15) is 0 Å². The minimum Gasteiger partial charge on any atom is -0.372 e. The second-order valence-corrected chi connectivity index (χ2v) is 5.96. The van der Waals surface area contributed by atoms with E-state index < -0.39 is 0 Å². The molecule has 0 bridgehead atoms. The van der Waals surface area contributed by atoms with E-state index in [0.29, 0.717) is 0 Å². The number of benzene rings is 1. The normalized spacial score (nSPS) is 19.5. The summed E-state index contributed by atoms with van der Waals surface area (Å²) < 4.78 is 6.14. The van der Waals surface area contributed by atoms with Crippen LogP contribution in [-0.2, 0) is 4.74 Å². The fraction of sp³-hybridized carbons (Fsp3) is 0.625. The van der Waals surface area contributed by atoms with Crippen LogP contribution in [0.15, 0.2) is 24.3 Å². The predicted molar refractivity (Wildman–Crippen MR) is 80.4 cm³/mol. The first-order valence-electron chi connectivity index (χ1n) is 7.33. The standard InChI is InChI=1S/C16H24ClNO/c1-2-15(18)16(13-7-9-14(17)10-8-13)19-11-12-5-3-4-6-12/h7-10,12,15-16H,2-6,11,18H2,1H3. The molecule has 1 aromatic carbocycles. The van der Waals surface area contributed by atoms with E-state index in [2.05, 4.69) is 6.92 Å². The lowest BCUT2D eigenvalue weighted by Gasteiger charge is -2.25. The molecular weight excluding hydrogens is 258 g/mol. The Morgan fingerprint density at radius 1 is 1.26 bits per heavy atom. The Labute approximate surface area is 121 Å². The van der Waals surface area contributed by atoms with Crippen molar-refractivity contribution in [1.29, 1.82) is 0 Å². The highest BCUT2D eigenvalue weighted by Crippen LogP contribution is 2.29. The highest BCUT2D eigenvalue weighted by atomic mass is 35.5. The maximum Gasteiger partial charge on any atom is 0.0975 e. The van der Waals surface area contributed by atoms with Crippen LogP contribution < -0.4 is 5.73 Å². The molecule has 0 heterocycles. The van der Waals surface area contributed by atoms with Crippen molar-refractivity contribution >= 4 is 11.6 Å². The molecular formula is C16H24ClNO. The van der Waals surface area contributed by atoms with Gasteiger partial charge in [0.15, 0.2) is 0 Å². The van der Waals surface area contributed by atoms with Gasteiger partial charge < -0.3 is 10.5 Å². The van der Waals surface area contributed by atoms with E-state index in [1.807, 2.05) is 24.3 Å². The van der Waals surface area contributed by atoms with Gasteiger partial charge in [-0.1, -0.05) is 43.5 Å². The minimum atomic E-state index is -0.0112. The zero-order valence-electron chi connectivity index (χ0n) is 11.6. The summed E-state index contributed by atoms with van der Waals surface area (Å²) >= 11 is 5.94. The first-order valence-corrected chi connectivity index (χ1v) is 7.71. The van der Waals surface area contributed by atoms with Crippen LogP contribution in [0.25, 0.3) is 0 Å². The van der Waals surface area contributed by atoms with E-state index in [-0.39, 0.29) is 12.1 Å². The van der Waals surface area contributed by atoms with Gasteiger partial charge in [0.05, 0.1) is 12.7 Å². The van der Waals surface area contributed by atoms with Crippen molar-refractivity contribution in [3.63, 3.8) is 0 Å². The molecule has 1 fully saturated rings. The summed E-state index contributed by atoms with van der Waals surface area (Å²) in [6, 6.07) is 7.91. The quantitative estimate of drug-likeness (QED) is 0.842. The number of halogens is 1. The first-order chi connectivity index (χ1) is 9.20. The van der Waals surface area contributed by atoms with E-state index in [4.69, 9.17) is 22.1 Å². The second-order valence-electron chi connectivity index (χ2n) is 5.53. The van der Waals surface area contributed by atoms with Gasteiger partial charge in [-0.25, -0.2) is 0 Å². The van der Waals surface area contributed by atoms with Gasteiger partial charge in [-0.3, -0.25) is 0 Å². The molecule has 1 aliphatic rings. The van der Waals surface area contributed by atoms with E-state index in [1.54, 1.807) is 0 Å². The third-order valence-corrected chi connectivity index (χ3v) is 4.30. The zero-order valence-corrected chi connectivity index (χ0v) is 12.4. The molecule has 0 spiro atoms. The van der Waals surface area contributed by atoms with Crippen molar-refractivity contribution in [2.45, 2.75) is 51.2 Å². The summed E-state index contributed by atoms with van der Waals surface area (Å²) in [5.41, 5.74) is 7.35.